The number of fused-ring (bicyclic) bond motifs is 4. The minimum atomic E-state index is -1.40. The van der Waals surface area contributed by atoms with Crippen LogP contribution in [0.5, 0.6) is 0 Å². The highest BCUT2D eigenvalue weighted by Gasteiger charge is 2.68. The lowest BCUT2D eigenvalue weighted by Gasteiger charge is -2.53. The van der Waals surface area contributed by atoms with Crippen LogP contribution in [0.25, 0.3) is 0 Å². The molecule has 9 heteroatoms. The van der Waals surface area contributed by atoms with E-state index >= 15 is 0 Å². The monoisotopic (exact) mass is 380 g/mol. The Hall–Kier alpha value is -1.55. The van der Waals surface area contributed by atoms with Crippen LogP contribution < -0.4 is 0 Å². The zero-order valence-electron chi connectivity index (χ0n) is 15.5. The molecule has 4 amide bonds. The fraction of sp³-hybridized carbons (Fsp3) is 0.833. The summed E-state index contributed by atoms with van der Waals surface area (Å²) in [5.74, 6) is -1.62. The van der Waals surface area contributed by atoms with Crippen LogP contribution in [0.1, 0.15) is 25.7 Å². The van der Waals surface area contributed by atoms with Gasteiger partial charge in [-0.2, -0.15) is 0 Å². The molecule has 0 aliphatic carbocycles. The third kappa shape index (κ3) is 2.22. The van der Waals surface area contributed by atoms with Crippen LogP contribution in [0.15, 0.2) is 0 Å². The Labute approximate surface area is 156 Å². The molecule has 5 rings (SSSR count). The van der Waals surface area contributed by atoms with Gasteiger partial charge in [0.2, 0.25) is 11.8 Å². The van der Waals surface area contributed by atoms with E-state index in [4.69, 9.17) is 18.9 Å². The zero-order valence-corrected chi connectivity index (χ0v) is 15.5. The van der Waals surface area contributed by atoms with Gasteiger partial charge in [-0.05, 0) is 25.7 Å². The van der Waals surface area contributed by atoms with Crippen molar-refractivity contribution in [3.63, 3.8) is 0 Å². The molecule has 0 N–H and O–H groups in total. The van der Waals surface area contributed by atoms with Crippen LogP contribution in [0.4, 0.5) is 4.79 Å². The van der Waals surface area contributed by atoms with Crippen LogP contribution in [0.3, 0.4) is 0 Å². The van der Waals surface area contributed by atoms with Crippen molar-refractivity contribution in [2.24, 2.45) is 17.3 Å². The van der Waals surface area contributed by atoms with Crippen molar-refractivity contribution in [1.82, 2.24) is 9.80 Å². The number of rotatable bonds is 2. The first kappa shape index (κ1) is 17.5. The molecule has 9 nitrogen and oxygen atoms in total. The molecule has 5 aliphatic heterocycles. The zero-order chi connectivity index (χ0) is 18.9. The Bertz CT molecular complexity index is 641. The summed E-state index contributed by atoms with van der Waals surface area (Å²) >= 11 is 0. The quantitative estimate of drug-likeness (QED) is 0.637. The van der Waals surface area contributed by atoms with Crippen LogP contribution in [0, 0.1) is 17.3 Å². The molecule has 5 fully saturated rings. The normalized spacial score (nSPS) is 43.6. The second-order valence-electron chi connectivity index (χ2n) is 8.12. The molecule has 5 heterocycles. The summed E-state index contributed by atoms with van der Waals surface area (Å²) in [6.07, 6.45) is 1.31. The number of barbiturate groups is 1. The van der Waals surface area contributed by atoms with E-state index in [1.165, 1.54) is 14.1 Å². The third-order valence-electron chi connectivity index (χ3n) is 6.93. The summed E-state index contributed by atoms with van der Waals surface area (Å²) in [7, 11) is 2.88. The number of amides is 4. The molecule has 0 radical (unpaired) electrons. The van der Waals surface area contributed by atoms with E-state index in [9.17, 15) is 14.4 Å². The molecule has 0 aromatic rings. The molecule has 4 bridgehead atoms. The maximum absolute atomic E-state index is 13.6. The molecule has 0 unspecified atom stereocenters. The second kappa shape index (κ2) is 5.97. The molecule has 0 aromatic carbocycles. The van der Waals surface area contributed by atoms with E-state index in [-0.39, 0.29) is 36.6 Å². The molecule has 0 saturated carbocycles. The van der Waals surface area contributed by atoms with Crippen molar-refractivity contribution in [2.45, 2.75) is 50.5 Å². The number of hydrogen-bond acceptors (Lipinski definition) is 7. The molecule has 27 heavy (non-hydrogen) atoms. The van der Waals surface area contributed by atoms with E-state index in [0.717, 1.165) is 9.80 Å². The van der Waals surface area contributed by atoms with Gasteiger partial charge in [0.1, 0.15) is 5.41 Å². The number of urea groups is 1. The Morgan fingerprint density at radius 1 is 0.778 bits per heavy atom. The number of nitrogens with zero attached hydrogens (tertiary/aromatic N) is 2. The fourth-order valence-corrected chi connectivity index (χ4v) is 5.68. The van der Waals surface area contributed by atoms with Crippen LogP contribution in [-0.4, -0.2) is 79.7 Å². The van der Waals surface area contributed by atoms with Gasteiger partial charge >= 0.3 is 6.03 Å². The van der Waals surface area contributed by atoms with Crippen molar-refractivity contribution in [3.8, 4) is 0 Å². The van der Waals surface area contributed by atoms with Crippen molar-refractivity contribution in [1.29, 1.82) is 0 Å². The molecule has 0 spiro atoms. The summed E-state index contributed by atoms with van der Waals surface area (Å²) in [5, 5.41) is 0. The van der Waals surface area contributed by atoms with Gasteiger partial charge < -0.3 is 18.9 Å². The van der Waals surface area contributed by atoms with Gasteiger partial charge in [-0.3, -0.25) is 19.4 Å². The summed E-state index contributed by atoms with van der Waals surface area (Å²) in [4.78, 5) is 41.8. The van der Waals surface area contributed by atoms with E-state index < -0.39 is 23.3 Å². The summed E-state index contributed by atoms with van der Waals surface area (Å²) in [5.41, 5.74) is -1.40. The predicted molar refractivity (Wildman–Crippen MR) is 88.0 cm³/mol. The van der Waals surface area contributed by atoms with E-state index in [2.05, 4.69) is 0 Å². The van der Waals surface area contributed by atoms with Gasteiger partial charge in [-0.25, -0.2) is 4.79 Å². The Kier molecular flexibility index (Phi) is 3.88. The lowest BCUT2D eigenvalue weighted by molar-refractivity contribution is -0.195. The number of hydrogen-bond donors (Lipinski definition) is 0. The maximum Gasteiger partial charge on any atom is 0.332 e. The van der Waals surface area contributed by atoms with Gasteiger partial charge in [0, 0.05) is 25.9 Å². The highest BCUT2D eigenvalue weighted by molar-refractivity contribution is 6.19. The van der Waals surface area contributed by atoms with Gasteiger partial charge in [0.25, 0.3) is 0 Å². The highest BCUT2D eigenvalue weighted by Crippen LogP contribution is 2.54. The molecule has 5 aliphatic rings. The Balaban J connectivity index is 1.64. The van der Waals surface area contributed by atoms with Crippen LogP contribution in [-0.2, 0) is 28.5 Å². The van der Waals surface area contributed by atoms with Gasteiger partial charge in [-0.15, -0.1) is 0 Å². The van der Waals surface area contributed by atoms with Crippen LogP contribution in [0.2, 0.25) is 0 Å². The third-order valence-corrected chi connectivity index (χ3v) is 6.93. The molecular weight excluding hydrogens is 356 g/mol. The topological polar surface area (TPSA) is 94.6 Å². The van der Waals surface area contributed by atoms with Gasteiger partial charge in [-0.1, -0.05) is 0 Å². The average Bonchev–Trinajstić information content (AvgIpc) is 3.24. The smallest absolute Gasteiger partial charge is 0.332 e. The van der Waals surface area contributed by atoms with Gasteiger partial charge in [0.15, 0.2) is 12.6 Å². The number of ether oxygens (including phenoxy) is 4. The summed E-state index contributed by atoms with van der Waals surface area (Å²) in [6, 6.07) is -0.602. The second-order valence-corrected chi connectivity index (χ2v) is 8.12. The fourth-order valence-electron chi connectivity index (χ4n) is 5.68. The lowest BCUT2D eigenvalue weighted by Crippen LogP contribution is -2.71. The largest absolute Gasteiger partial charge is 0.350 e. The van der Waals surface area contributed by atoms with E-state index in [0.29, 0.717) is 38.9 Å². The maximum atomic E-state index is 13.6. The molecule has 148 valence electrons. The summed E-state index contributed by atoms with van der Waals surface area (Å²) in [6.45, 7) is 0.715. The van der Waals surface area contributed by atoms with Crippen molar-refractivity contribution in [2.75, 3.05) is 27.3 Å². The number of imide groups is 2. The van der Waals surface area contributed by atoms with Crippen molar-refractivity contribution < 1.29 is 33.3 Å². The number of carbonyl (C=O) groups excluding carboxylic acids is 3. The SMILES string of the molecule is CN1C(=O)N(C)C(=O)C([C@H]2CC[C@H]3OC[C@H]2O3)([C@H]2CC[C@H]3OC[C@H]2O3)C1=O. The van der Waals surface area contributed by atoms with Crippen molar-refractivity contribution in [3.05, 3.63) is 0 Å². The van der Waals surface area contributed by atoms with E-state index in [1.54, 1.807) is 0 Å². The predicted octanol–water partition coefficient (Wildman–Crippen LogP) is 0.326. The summed E-state index contributed by atoms with van der Waals surface area (Å²) < 4.78 is 23.1. The molecule has 0 aromatic heterocycles. The molecule has 6 atom stereocenters. The van der Waals surface area contributed by atoms with Gasteiger partial charge in [0.05, 0.1) is 25.4 Å². The first-order valence-corrected chi connectivity index (χ1v) is 9.59. The highest BCUT2D eigenvalue weighted by atomic mass is 16.7. The number of carbonyl (C=O) groups is 3. The average molecular weight is 380 g/mol. The van der Waals surface area contributed by atoms with Crippen LogP contribution >= 0.6 is 0 Å². The molecule has 5 saturated heterocycles. The van der Waals surface area contributed by atoms with E-state index in [1.807, 2.05) is 0 Å². The molecular formula is C18H24N2O7. The van der Waals surface area contributed by atoms with Crippen molar-refractivity contribution >= 4 is 17.8 Å². The minimum Gasteiger partial charge on any atom is -0.350 e. The first-order valence-electron chi connectivity index (χ1n) is 9.59. The Morgan fingerprint density at radius 3 is 1.67 bits per heavy atom. The standard InChI is InChI=1S/C18H24N2O7/c1-19-15(21)18(16(22)20(2)17(19)23,9-3-5-13-24-7-11(9)26-13)10-4-6-14-25-8-12(10)27-14/h9-14H,3-8H2,1-2H3/t9-,10-,11+,12+,13-,14-/m0/s1. The minimum absolute atomic E-state index is 0.268. The first-order chi connectivity index (χ1) is 12.9. The Morgan fingerprint density at radius 2 is 1.22 bits per heavy atom. The lowest BCUT2D eigenvalue weighted by atomic mass is 9.57.